The summed E-state index contributed by atoms with van der Waals surface area (Å²) in [7, 11) is 0. The summed E-state index contributed by atoms with van der Waals surface area (Å²) in [4.78, 5) is 39.8. The van der Waals surface area contributed by atoms with E-state index in [0.717, 1.165) is 16.8 Å². The molecule has 1 saturated heterocycles. The van der Waals surface area contributed by atoms with Gasteiger partial charge < -0.3 is 15.5 Å². The highest BCUT2D eigenvalue weighted by Gasteiger charge is 2.35. The maximum Gasteiger partial charge on any atom is 0.253 e. The van der Waals surface area contributed by atoms with E-state index in [-0.39, 0.29) is 43.0 Å². The Morgan fingerprint density at radius 2 is 1.70 bits per heavy atom. The maximum atomic E-state index is 13.1. The van der Waals surface area contributed by atoms with Crippen molar-refractivity contribution in [2.45, 2.75) is 19.9 Å². The second-order valence-electron chi connectivity index (χ2n) is 8.08. The van der Waals surface area contributed by atoms with Crippen molar-refractivity contribution >= 4 is 29.1 Å². The van der Waals surface area contributed by atoms with Gasteiger partial charge in [-0.1, -0.05) is 42.0 Å². The quantitative estimate of drug-likeness (QED) is 0.601. The number of para-hydroxylation sites is 1. The van der Waals surface area contributed by atoms with Crippen LogP contribution in [0, 0.1) is 18.7 Å². The van der Waals surface area contributed by atoms with E-state index < -0.39 is 5.92 Å². The Kier molecular flexibility index (Phi) is 6.49. The molecule has 7 heteroatoms. The summed E-state index contributed by atoms with van der Waals surface area (Å²) in [6, 6.07) is 20.2. The van der Waals surface area contributed by atoms with Crippen LogP contribution in [0.15, 0.2) is 72.8 Å². The molecule has 0 saturated carbocycles. The molecule has 0 spiro atoms. The van der Waals surface area contributed by atoms with Gasteiger partial charge in [-0.3, -0.25) is 14.4 Å². The van der Waals surface area contributed by atoms with Gasteiger partial charge in [0.15, 0.2) is 0 Å². The van der Waals surface area contributed by atoms with Crippen molar-refractivity contribution in [2.75, 3.05) is 16.8 Å². The predicted molar refractivity (Wildman–Crippen MR) is 124 cm³/mol. The number of hydrogen-bond donors (Lipinski definition) is 2. The van der Waals surface area contributed by atoms with E-state index in [1.165, 1.54) is 12.1 Å². The molecule has 1 aliphatic rings. The number of nitrogens with zero attached hydrogens (tertiary/aromatic N) is 1. The SMILES string of the molecule is Cc1ccc(N2C[C@@H](C(=O)Nc3ccccc3C(=O)NCc3ccc(F)cc3)CC2=O)cc1. The average molecular weight is 445 g/mol. The first-order valence-corrected chi connectivity index (χ1v) is 10.7. The molecule has 2 N–H and O–H groups in total. The Labute approximate surface area is 191 Å². The Bertz CT molecular complexity index is 1180. The summed E-state index contributed by atoms with van der Waals surface area (Å²) in [6.07, 6.45) is 0.110. The average Bonchev–Trinajstić information content (AvgIpc) is 3.21. The van der Waals surface area contributed by atoms with E-state index in [9.17, 15) is 18.8 Å². The monoisotopic (exact) mass is 445 g/mol. The summed E-state index contributed by atoms with van der Waals surface area (Å²) in [5.41, 5.74) is 3.30. The first-order chi connectivity index (χ1) is 15.9. The molecule has 168 valence electrons. The van der Waals surface area contributed by atoms with E-state index in [4.69, 9.17) is 0 Å². The minimum Gasteiger partial charge on any atom is -0.348 e. The molecule has 0 unspecified atom stereocenters. The highest BCUT2D eigenvalue weighted by atomic mass is 19.1. The molecular weight excluding hydrogens is 421 g/mol. The van der Waals surface area contributed by atoms with Crippen LogP contribution >= 0.6 is 0 Å². The Morgan fingerprint density at radius 3 is 2.42 bits per heavy atom. The number of rotatable bonds is 6. The fraction of sp³-hybridized carbons (Fsp3) is 0.192. The zero-order valence-electron chi connectivity index (χ0n) is 18.2. The van der Waals surface area contributed by atoms with Gasteiger partial charge in [0.25, 0.3) is 5.91 Å². The largest absolute Gasteiger partial charge is 0.348 e. The molecule has 3 aromatic carbocycles. The number of carbonyl (C=O) groups is 3. The molecule has 0 aromatic heterocycles. The predicted octanol–water partition coefficient (Wildman–Crippen LogP) is 4.06. The Morgan fingerprint density at radius 1 is 1.00 bits per heavy atom. The molecule has 6 nitrogen and oxygen atoms in total. The second kappa shape index (κ2) is 9.65. The molecule has 0 bridgehead atoms. The number of amides is 3. The van der Waals surface area contributed by atoms with Crippen molar-refractivity contribution in [1.82, 2.24) is 5.32 Å². The lowest BCUT2D eigenvalue weighted by Gasteiger charge is -2.17. The van der Waals surface area contributed by atoms with Crippen LogP contribution in [0.25, 0.3) is 0 Å². The lowest BCUT2D eigenvalue weighted by atomic mass is 10.1. The smallest absolute Gasteiger partial charge is 0.253 e. The summed E-state index contributed by atoms with van der Waals surface area (Å²) < 4.78 is 13.1. The van der Waals surface area contributed by atoms with Crippen molar-refractivity contribution < 1.29 is 18.8 Å². The van der Waals surface area contributed by atoms with Crippen LogP contribution < -0.4 is 15.5 Å². The Balaban J connectivity index is 1.41. The van der Waals surface area contributed by atoms with Crippen molar-refractivity contribution in [2.24, 2.45) is 5.92 Å². The normalized spacial score (nSPS) is 15.4. The van der Waals surface area contributed by atoms with Gasteiger partial charge in [-0.15, -0.1) is 0 Å². The first-order valence-electron chi connectivity index (χ1n) is 10.7. The fourth-order valence-electron chi connectivity index (χ4n) is 3.76. The lowest BCUT2D eigenvalue weighted by Crippen LogP contribution is -2.29. The standard InChI is InChI=1S/C26H24FN3O3/c1-17-6-12-21(13-7-17)30-16-19(14-24(30)31)25(32)29-23-5-3-2-4-22(23)26(33)28-15-18-8-10-20(27)11-9-18/h2-13,19H,14-16H2,1H3,(H,28,33)(H,29,32)/t19-/m0/s1. The van der Waals surface area contributed by atoms with Crippen LogP contribution in [0.3, 0.4) is 0 Å². The van der Waals surface area contributed by atoms with Gasteiger partial charge in [0.05, 0.1) is 17.2 Å². The highest BCUT2D eigenvalue weighted by molar-refractivity contribution is 6.07. The maximum absolute atomic E-state index is 13.1. The number of benzene rings is 3. The van der Waals surface area contributed by atoms with E-state index in [1.54, 1.807) is 41.3 Å². The first kappa shape index (κ1) is 22.2. The van der Waals surface area contributed by atoms with Crippen LogP contribution in [0.1, 0.15) is 27.9 Å². The zero-order chi connectivity index (χ0) is 23.4. The molecule has 1 heterocycles. The minimum atomic E-state index is -0.519. The molecule has 3 amide bonds. The lowest BCUT2D eigenvalue weighted by molar-refractivity contribution is -0.122. The van der Waals surface area contributed by atoms with Crippen LogP contribution in [0.4, 0.5) is 15.8 Å². The highest BCUT2D eigenvalue weighted by Crippen LogP contribution is 2.27. The molecule has 0 radical (unpaired) electrons. The molecule has 1 aliphatic heterocycles. The van der Waals surface area contributed by atoms with E-state index in [2.05, 4.69) is 10.6 Å². The van der Waals surface area contributed by atoms with Crippen LogP contribution in [-0.2, 0) is 16.1 Å². The van der Waals surface area contributed by atoms with Gasteiger partial charge in [-0.25, -0.2) is 4.39 Å². The molecule has 1 fully saturated rings. The van der Waals surface area contributed by atoms with Crippen molar-refractivity contribution in [3.8, 4) is 0 Å². The third-order valence-electron chi connectivity index (χ3n) is 5.64. The summed E-state index contributed by atoms with van der Waals surface area (Å²) >= 11 is 0. The van der Waals surface area contributed by atoms with Gasteiger partial charge in [-0.2, -0.15) is 0 Å². The molecule has 3 aromatic rings. The number of hydrogen-bond acceptors (Lipinski definition) is 3. The van der Waals surface area contributed by atoms with Crippen molar-refractivity contribution in [1.29, 1.82) is 0 Å². The molecule has 1 atom stereocenters. The number of aryl methyl sites for hydroxylation is 1. The van der Waals surface area contributed by atoms with Crippen LogP contribution in [0.2, 0.25) is 0 Å². The van der Waals surface area contributed by atoms with Gasteiger partial charge in [-0.05, 0) is 48.9 Å². The van der Waals surface area contributed by atoms with Gasteiger partial charge >= 0.3 is 0 Å². The van der Waals surface area contributed by atoms with Gasteiger partial charge in [0, 0.05) is 25.2 Å². The van der Waals surface area contributed by atoms with Gasteiger partial charge in [0.1, 0.15) is 5.82 Å². The number of halogens is 1. The van der Waals surface area contributed by atoms with E-state index in [0.29, 0.717) is 11.3 Å². The number of nitrogens with one attached hydrogen (secondary N) is 2. The summed E-state index contributed by atoms with van der Waals surface area (Å²) in [5, 5.41) is 5.60. The summed E-state index contributed by atoms with van der Waals surface area (Å²) in [6.45, 7) is 2.48. The number of anilines is 2. The van der Waals surface area contributed by atoms with Gasteiger partial charge in [0.2, 0.25) is 11.8 Å². The summed E-state index contributed by atoms with van der Waals surface area (Å²) in [5.74, 6) is -1.64. The molecule has 33 heavy (non-hydrogen) atoms. The zero-order valence-corrected chi connectivity index (χ0v) is 18.2. The van der Waals surface area contributed by atoms with E-state index >= 15 is 0 Å². The second-order valence-corrected chi connectivity index (χ2v) is 8.08. The fourth-order valence-corrected chi connectivity index (χ4v) is 3.76. The number of carbonyl (C=O) groups excluding carboxylic acids is 3. The molecule has 0 aliphatic carbocycles. The minimum absolute atomic E-state index is 0.107. The molecular formula is C26H24FN3O3. The van der Waals surface area contributed by atoms with Crippen LogP contribution in [0.5, 0.6) is 0 Å². The molecule has 4 rings (SSSR count). The van der Waals surface area contributed by atoms with Crippen LogP contribution in [-0.4, -0.2) is 24.3 Å². The third-order valence-corrected chi connectivity index (χ3v) is 5.64. The topological polar surface area (TPSA) is 78.5 Å². The third kappa shape index (κ3) is 5.26. The van der Waals surface area contributed by atoms with Crippen molar-refractivity contribution in [3.05, 3.63) is 95.3 Å². The van der Waals surface area contributed by atoms with E-state index in [1.807, 2.05) is 31.2 Å². The van der Waals surface area contributed by atoms with Crippen molar-refractivity contribution in [3.63, 3.8) is 0 Å². The Hall–Kier alpha value is -4.00.